The SMILES string of the molecule is CCc1cccc(C)c1NC(=O)CNCc1ccncc1. The average Bonchev–Trinajstić information content (AvgIpc) is 2.50. The third kappa shape index (κ3) is 4.39. The van der Waals surface area contributed by atoms with Gasteiger partial charge in [-0.15, -0.1) is 0 Å². The van der Waals surface area contributed by atoms with Crippen LogP contribution in [0.1, 0.15) is 23.6 Å². The van der Waals surface area contributed by atoms with Crippen molar-refractivity contribution in [2.45, 2.75) is 26.8 Å². The first-order valence-electron chi connectivity index (χ1n) is 7.18. The van der Waals surface area contributed by atoms with Gasteiger partial charge >= 0.3 is 0 Å². The summed E-state index contributed by atoms with van der Waals surface area (Å²) in [6, 6.07) is 9.95. The van der Waals surface area contributed by atoms with Crippen molar-refractivity contribution in [3.05, 3.63) is 59.4 Å². The maximum atomic E-state index is 12.0. The normalized spacial score (nSPS) is 10.4. The summed E-state index contributed by atoms with van der Waals surface area (Å²) in [6.07, 6.45) is 4.40. The minimum Gasteiger partial charge on any atom is -0.324 e. The Morgan fingerprint density at radius 2 is 1.95 bits per heavy atom. The number of para-hydroxylation sites is 1. The summed E-state index contributed by atoms with van der Waals surface area (Å²) in [5, 5.41) is 6.14. The largest absolute Gasteiger partial charge is 0.324 e. The molecule has 4 nitrogen and oxygen atoms in total. The predicted octanol–water partition coefficient (Wildman–Crippen LogP) is 2.68. The van der Waals surface area contributed by atoms with Crippen LogP contribution < -0.4 is 10.6 Å². The summed E-state index contributed by atoms with van der Waals surface area (Å²) in [4.78, 5) is 16.0. The van der Waals surface area contributed by atoms with Crippen molar-refractivity contribution in [1.82, 2.24) is 10.3 Å². The van der Waals surface area contributed by atoms with Gasteiger partial charge in [0.1, 0.15) is 0 Å². The molecule has 0 saturated carbocycles. The number of nitrogens with one attached hydrogen (secondary N) is 2. The Balaban J connectivity index is 1.88. The van der Waals surface area contributed by atoms with Gasteiger partial charge in [-0.1, -0.05) is 25.1 Å². The molecule has 2 aromatic rings. The molecule has 2 N–H and O–H groups in total. The topological polar surface area (TPSA) is 54.0 Å². The molecule has 1 amide bonds. The molecule has 21 heavy (non-hydrogen) atoms. The van der Waals surface area contributed by atoms with E-state index in [1.807, 2.05) is 37.3 Å². The zero-order chi connectivity index (χ0) is 15.1. The van der Waals surface area contributed by atoms with Gasteiger partial charge in [-0.05, 0) is 42.2 Å². The van der Waals surface area contributed by atoms with Crippen LogP contribution in [0.15, 0.2) is 42.7 Å². The first kappa shape index (κ1) is 15.2. The number of hydrogen-bond acceptors (Lipinski definition) is 3. The number of hydrogen-bond donors (Lipinski definition) is 2. The molecular weight excluding hydrogens is 262 g/mol. The van der Waals surface area contributed by atoms with E-state index in [2.05, 4.69) is 22.5 Å². The lowest BCUT2D eigenvalue weighted by atomic mass is 10.1. The van der Waals surface area contributed by atoms with E-state index in [0.29, 0.717) is 13.1 Å². The fourth-order valence-corrected chi connectivity index (χ4v) is 2.21. The maximum absolute atomic E-state index is 12.0. The van der Waals surface area contributed by atoms with Crippen molar-refractivity contribution >= 4 is 11.6 Å². The number of aromatic nitrogens is 1. The summed E-state index contributed by atoms with van der Waals surface area (Å²) in [7, 11) is 0. The molecule has 110 valence electrons. The van der Waals surface area contributed by atoms with Crippen LogP contribution in [0.5, 0.6) is 0 Å². The highest BCUT2D eigenvalue weighted by Gasteiger charge is 2.08. The Kier molecular flexibility index (Phi) is 5.46. The number of rotatable bonds is 6. The highest BCUT2D eigenvalue weighted by atomic mass is 16.1. The van der Waals surface area contributed by atoms with Gasteiger partial charge in [0.15, 0.2) is 0 Å². The second-order valence-corrected chi connectivity index (χ2v) is 4.97. The molecule has 0 unspecified atom stereocenters. The lowest BCUT2D eigenvalue weighted by Gasteiger charge is -2.13. The Morgan fingerprint density at radius 1 is 1.19 bits per heavy atom. The fraction of sp³-hybridized carbons (Fsp3) is 0.294. The van der Waals surface area contributed by atoms with Crippen LogP contribution in [0, 0.1) is 6.92 Å². The summed E-state index contributed by atoms with van der Waals surface area (Å²) >= 11 is 0. The van der Waals surface area contributed by atoms with Gasteiger partial charge in [-0.3, -0.25) is 9.78 Å². The predicted molar refractivity (Wildman–Crippen MR) is 85.1 cm³/mol. The second-order valence-electron chi connectivity index (χ2n) is 4.97. The number of nitrogens with zero attached hydrogens (tertiary/aromatic N) is 1. The Morgan fingerprint density at radius 3 is 2.67 bits per heavy atom. The lowest BCUT2D eigenvalue weighted by Crippen LogP contribution is -2.28. The van der Waals surface area contributed by atoms with Crippen LogP contribution in [0.25, 0.3) is 0 Å². The molecule has 0 aliphatic rings. The van der Waals surface area contributed by atoms with Crippen molar-refractivity contribution in [2.75, 3.05) is 11.9 Å². The third-order valence-corrected chi connectivity index (χ3v) is 3.37. The number of carbonyl (C=O) groups excluding carboxylic acids is 1. The van der Waals surface area contributed by atoms with E-state index in [9.17, 15) is 4.79 Å². The van der Waals surface area contributed by atoms with Crippen LogP contribution in [-0.2, 0) is 17.8 Å². The number of anilines is 1. The van der Waals surface area contributed by atoms with Gasteiger partial charge < -0.3 is 10.6 Å². The summed E-state index contributed by atoms with van der Waals surface area (Å²) in [5.41, 5.74) is 4.31. The second kappa shape index (κ2) is 7.55. The fourth-order valence-electron chi connectivity index (χ4n) is 2.21. The van der Waals surface area contributed by atoms with Gasteiger partial charge in [0.2, 0.25) is 5.91 Å². The third-order valence-electron chi connectivity index (χ3n) is 3.37. The van der Waals surface area contributed by atoms with Crippen LogP contribution in [0.3, 0.4) is 0 Å². The van der Waals surface area contributed by atoms with Crippen molar-refractivity contribution in [2.24, 2.45) is 0 Å². The first-order chi connectivity index (χ1) is 10.2. The van der Waals surface area contributed by atoms with E-state index in [0.717, 1.165) is 28.8 Å². The van der Waals surface area contributed by atoms with Gasteiger partial charge in [-0.25, -0.2) is 0 Å². The van der Waals surface area contributed by atoms with Gasteiger partial charge in [0.05, 0.1) is 6.54 Å². The molecular formula is C17H21N3O. The average molecular weight is 283 g/mol. The molecule has 4 heteroatoms. The zero-order valence-electron chi connectivity index (χ0n) is 12.5. The van der Waals surface area contributed by atoms with E-state index in [1.54, 1.807) is 12.4 Å². The van der Waals surface area contributed by atoms with Crippen LogP contribution >= 0.6 is 0 Å². The molecule has 1 aromatic carbocycles. The summed E-state index contributed by atoms with van der Waals surface area (Å²) in [5.74, 6) is -0.0203. The van der Waals surface area contributed by atoms with Crippen LogP contribution in [0.4, 0.5) is 5.69 Å². The minimum atomic E-state index is -0.0203. The monoisotopic (exact) mass is 283 g/mol. The van der Waals surface area contributed by atoms with Crippen molar-refractivity contribution in [3.8, 4) is 0 Å². The molecule has 1 aromatic heterocycles. The van der Waals surface area contributed by atoms with Gasteiger partial charge in [0, 0.05) is 24.6 Å². The number of aryl methyl sites for hydroxylation is 2. The molecule has 1 heterocycles. The Hall–Kier alpha value is -2.20. The molecule has 0 atom stereocenters. The van der Waals surface area contributed by atoms with Crippen molar-refractivity contribution in [3.63, 3.8) is 0 Å². The molecule has 0 bridgehead atoms. The Labute approximate surface area is 125 Å². The van der Waals surface area contributed by atoms with Gasteiger partial charge in [0.25, 0.3) is 0 Å². The lowest BCUT2D eigenvalue weighted by molar-refractivity contribution is -0.115. The quantitative estimate of drug-likeness (QED) is 0.857. The molecule has 0 spiro atoms. The summed E-state index contributed by atoms with van der Waals surface area (Å²) in [6.45, 7) is 5.05. The zero-order valence-corrected chi connectivity index (χ0v) is 12.5. The number of amides is 1. The highest BCUT2D eigenvalue weighted by molar-refractivity contribution is 5.93. The van der Waals surface area contributed by atoms with Crippen LogP contribution in [0.2, 0.25) is 0 Å². The number of pyridine rings is 1. The standard InChI is InChI=1S/C17H21N3O/c1-3-15-6-4-5-13(2)17(15)20-16(21)12-19-11-14-7-9-18-10-8-14/h4-10,19H,3,11-12H2,1-2H3,(H,20,21). The van der Waals surface area contributed by atoms with E-state index >= 15 is 0 Å². The van der Waals surface area contributed by atoms with Crippen molar-refractivity contribution in [1.29, 1.82) is 0 Å². The molecule has 0 radical (unpaired) electrons. The first-order valence-corrected chi connectivity index (χ1v) is 7.18. The Bertz CT molecular complexity index is 596. The highest BCUT2D eigenvalue weighted by Crippen LogP contribution is 2.20. The molecule has 2 rings (SSSR count). The number of carbonyl (C=O) groups is 1. The molecule has 0 aliphatic carbocycles. The van der Waals surface area contributed by atoms with Crippen LogP contribution in [-0.4, -0.2) is 17.4 Å². The van der Waals surface area contributed by atoms with Gasteiger partial charge in [-0.2, -0.15) is 0 Å². The van der Waals surface area contributed by atoms with E-state index < -0.39 is 0 Å². The van der Waals surface area contributed by atoms with Crippen molar-refractivity contribution < 1.29 is 4.79 Å². The van der Waals surface area contributed by atoms with E-state index in [-0.39, 0.29) is 5.91 Å². The molecule has 0 aliphatic heterocycles. The molecule has 0 saturated heterocycles. The minimum absolute atomic E-state index is 0.0203. The number of benzene rings is 1. The van der Waals surface area contributed by atoms with E-state index in [4.69, 9.17) is 0 Å². The van der Waals surface area contributed by atoms with E-state index in [1.165, 1.54) is 0 Å². The summed E-state index contributed by atoms with van der Waals surface area (Å²) < 4.78 is 0. The molecule has 0 fully saturated rings. The smallest absolute Gasteiger partial charge is 0.238 e. The maximum Gasteiger partial charge on any atom is 0.238 e.